The van der Waals surface area contributed by atoms with Gasteiger partial charge in [-0.3, -0.25) is 0 Å². The normalized spacial score (nSPS) is 17.7. The first-order chi connectivity index (χ1) is 4.00. The van der Waals surface area contributed by atoms with Gasteiger partial charge >= 0.3 is 5.97 Å². The van der Waals surface area contributed by atoms with Crippen molar-refractivity contribution in [3.8, 4) is 0 Å². The minimum absolute atomic E-state index is 1.02. The zero-order valence-electron chi connectivity index (χ0n) is 4.97. The Labute approximate surface area is 67.1 Å². The molecule has 0 aromatic heterocycles. The Balaban J connectivity index is 4.19. The van der Waals surface area contributed by atoms with Crippen molar-refractivity contribution in [3.63, 3.8) is 0 Å². The summed E-state index contributed by atoms with van der Waals surface area (Å²) < 4.78 is 1.59. The van der Waals surface area contributed by atoms with Crippen LogP contribution in [0.2, 0.25) is 0 Å². The van der Waals surface area contributed by atoms with E-state index >= 15 is 0 Å². The van der Waals surface area contributed by atoms with E-state index < -0.39 is 11.5 Å². The van der Waals surface area contributed by atoms with Crippen LogP contribution in [0.3, 0.4) is 0 Å². The van der Waals surface area contributed by atoms with Gasteiger partial charge in [-0.2, -0.15) is 0 Å². The van der Waals surface area contributed by atoms with Crippen molar-refractivity contribution in [1.82, 2.24) is 0 Å². The van der Waals surface area contributed by atoms with E-state index in [-0.39, 0.29) is 0 Å². The summed E-state index contributed by atoms with van der Waals surface area (Å²) in [5.41, 5.74) is 4.06. The largest absolute Gasteiger partial charge is 0.480 e. The quantitative estimate of drug-likeness (QED) is 0.696. The molecule has 0 aromatic carbocycles. The second-order valence-corrected chi connectivity index (χ2v) is 2.60. The van der Waals surface area contributed by atoms with E-state index in [9.17, 15) is 4.79 Å². The molecule has 0 amide bonds. The molecule has 0 bridgehead atoms. The maximum absolute atomic E-state index is 10.2. The van der Waals surface area contributed by atoms with Gasteiger partial charge < -0.3 is 10.8 Å². The topological polar surface area (TPSA) is 63.3 Å². The van der Waals surface area contributed by atoms with Crippen LogP contribution in [0, 0.1) is 0 Å². The van der Waals surface area contributed by atoms with E-state index in [2.05, 4.69) is 0 Å². The molecule has 0 radical (unpaired) electrons. The summed E-state index contributed by atoms with van der Waals surface area (Å²) in [4.78, 5) is 10.2. The van der Waals surface area contributed by atoms with Crippen LogP contribution in [0.1, 0.15) is 6.92 Å². The molecule has 1 atom stereocenters. The van der Waals surface area contributed by atoms with Crippen LogP contribution < -0.4 is 5.73 Å². The predicted molar refractivity (Wildman–Crippen MR) is 43.4 cm³/mol. The van der Waals surface area contributed by atoms with Crippen molar-refractivity contribution in [1.29, 1.82) is 0 Å². The Morgan fingerprint density at radius 2 is 2.33 bits per heavy atom. The molecule has 0 unspecified atom stereocenters. The molecule has 3 N–H and O–H groups in total. The molecule has 4 heteroatoms. The number of aliphatic carboxylic acids is 1. The molecule has 0 aliphatic heterocycles. The molecule has 9 heavy (non-hydrogen) atoms. The summed E-state index contributed by atoms with van der Waals surface area (Å²) in [6.45, 7) is 1.44. The van der Waals surface area contributed by atoms with Gasteiger partial charge in [-0.1, -0.05) is 22.6 Å². The molecular weight excluding hydrogens is 229 g/mol. The number of carboxylic acids is 1. The van der Waals surface area contributed by atoms with E-state index in [0.29, 0.717) is 0 Å². The van der Waals surface area contributed by atoms with Gasteiger partial charge in [0.15, 0.2) is 0 Å². The molecule has 3 nitrogen and oxygen atoms in total. The van der Waals surface area contributed by atoms with Gasteiger partial charge in [0.05, 0.1) is 0 Å². The minimum Gasteiger partial charge on any atom is -0.480 e. The third-order valence-electron chi connectivity index (χ3n) is 0.870. The van der Waals surface area contributed by atoms with Crippen molar-refractivity contribution in [2.45, 2.75) is 12.5 Å². The van der Waals surface area contributed by atoms with Gasteiger partial charge in [-0.25, -0.2) is 4.79 Å². The summed E-state index contributed by atoms with van der Waals surface area (Å²) in [5.74, 6) is -1.02. The van der Waals surface area contributed by atoms with Crippen molar-refractivity contribution >= 4 is 28.6 Å². The number of nitrogens with two attached hydrogens (primary N) is 1. The van der Waals surface area contributed by atoms with E-state index in [1.165, 1.54) is 13.0 Å². The Hall–Kier alpha value is -0.100. The Kier molecular flexibility index (Phi) is 3.13. The van der Waals surface area contributed by atoms with Crippen LogP contribution in [0.25, 0.3) is 0 Å². The molecule has 0 saturated heterocycles. The first kappa shape index (κ1) is 8.90. The highest BCUT2D eigenvalue weighted by molar-refractivity contribution is 14.1. The lowest BCUT2D eigenvalue weighted by Gasteiger charge is -2.11. The lowest BCUT2D eigenvalue weighted by molar-refractivity contribution is -0.140. The van der Waals surface area contributed by atoms with Gasteiger partial charge in [0.1, 0.15) is 5.54 Å². The molecule has 0 spiro atoms. The van der Waals surface area contributed by atoms with Crippen molar-refractivity contribution in [2.24, 2.45) is 5.73 Å². The standard InChI is InChI=1S/C5H8INO2/c1-5(7,2-3-6)4(8)9/h2-3H,7H2,1H3,(H,8,9)/b3-2+/t5-/m0/s1/i6-4. The fourth-order valence-electron chi connectivity index (χ4n) is 0.202. The molecule has 0 aliphatic rings. The number of halogens is 1. The Bertz CT molecular complexity index is 142. The molecular formula is C5H8INO2. The van der Waals surface area contributed by atoms with Crippen molar-refractivity contribution < 1.29 is 9.90 Å². The highest BCUT2D eigenvalue weighted by Crippen LogP contribution is 2.02. The lowest BCUT2D eigenvalue weighted by atomic mass is 10.1. The SMILES string of the molecule is C[C@](N)(/C=C/[123I])C(=O)O. The van der Waals surface area contributed by atoms with Crippen molar-refractivity contribution in [2.75, 3.05) is 0 Å². The monoisotopic (exact) mass is 237 g/mol. The van der Waals surface area contributed by atoms with Gasteiger partial charge in [0, 0.05) is 0 Å². The molecule has 0 rings (SSSR count). The maximum Gasteiger partial charge on any atom is 0.327 e. The van der Waals surface area contributed by atoms with Gasteiger partial charge in [0.2, 0.25) is 0 Å². The van der Waals surface area contributed by atoms with Crippen LogP contribution in [0.5, 0.6) is 0 Å². The van der Waals surface area contributed by atoms with Crippen LogP contribution >= 0.6 is 22.6 Å². The smallest absolute Gasteiger partial charge is 0.327 e. The van der Waals surface area contributed by atoms with Crippen molar-refractivity contribution in [3.05, 3.63) is 10.2 Å². The zero-order valence-corrected chi connectivity index (χ0v) is 7.12. The average molecular weight is 237 g/mol. The second kappa shape index (κ2) is 3.17. The molecule has 0 aliphatic carbocycles. The average Bonchev–Trinajstić information content (AvgIpc) is 1.65. The summed E-state index contributed by atoms with van der Waals surface area (Å²) >= 11 is 1.92. The van der Waals surface area contributed by atoms with Gasteiger partial charge in [-0.05, 0) is 17.1 Å². The molecule has 0 aromatic rings. The number of carboxylic acid groups (broad SMARTS) is 1. The van der Waals surface area contributed by atoms with Crippen LogP contribution in [0.15, 0.2) is 10.2 Å². The van der Waals surface area contributed by atoms with E-state index in [1.54, 1.807) is 4.08 Å². The molecule has 0 fully saturated rings. The van der Waals surface area contributed by atoms with Gasteiger partial charge in [0.25, 0.3) is 0 Å². The van der Waals surface area contributed by atoms with Gasteiger partial charge in [-0.15, -0.1) is 0 Å². The third kappa shape index (κ3) is 2.81. The summed E-state index contributed by atoms with van der Waals surface area (Å²) in [6, 6.07) is 0. The number of hydrogen-bond acceptors (Lipinski definition) is 2. The predicted octanol–water partition coefficient (Wildman–Crippen LogP) is 0.737. The van der Waals surface area contributed by atoms with Crippen LogP contribution in [-0.2, 0) is 4.79 Å². The Morgan fingerprint density at radius 1 is 1.89 bits per heavy atom. The number of hydrogen-bond donors (Lipinski definition) is 2. The van der Waals surface area contributed by atoms with Crippen LogP contribution in [-0.4, -0.2) is 16.6 Å². The first-order valence-corrected chi connectivity index (χ1v) is 3.55. The summed E-state index contributed by atoms with van der Waals surface area (Å²) in [7, 11) is 0. The van der Waals surface area contributed by atoms with Crippen LogP contribution in [0.4, 0.5) is 0 Å². The summed E-state index contributed by atoms with van der Waals surface area (Å²) in [5, 5.41) is 8.39. The third-order valence-corrected chi connectivity index (χ3v) is 1.23. The molecule has 52 valence electrons. The highest BCUT2D eigenvalue weighted by atomic mass is 123. The number of rotatable bonds is 2. The molecule has 0 saturated carbocycles. The first-order valence-electron chi connectivity index (χ1n) is 2.31. The maximum atomic E-state index is 10.2. The second-order valence-electron chi connectivity index (χ2n) is 1.88. The van der Waals surface area contributed by atoms with E-state index in [4.69, 9.17) is 10.8 Å². The fraction of sp³-hybridized carbons (Fsp3) is 0.400. The van der Waals surface area contributed by atoms with E-state index in [1.807, 2.05) is 22.6 Å². The zero-order chi connectivity index (χ0) is 7.49. The minimum atomic E-state index is -1.22. The fourth-order valence-corrected chi connectivity index (χ4v) is 0.949. The molecule has 0 heterocycles. The summed E-state index contributed by atoms with van der Waals surface area (Å²) in [6.07, 6.45) is 1.43. The lowest BCUT2D eigenvalue weighted by Crippen LogP contribution is -2.42. The highest BCUT2D eigenvalue weighted by Gasteiger charge is 2.23. The van der Waals surface area contributed by atoms with E-state index in [0.717, 1.165) is 0 Å². The Morgan fingerprint density at radius 3 is 2.44 bits per heavy atom. The number of carbonyl (C=O) groups is 1.